The monoisotopic (exact) mass is 458 g/mol. The Morgan fingerprint density at radius 1 is 1.06 bits per heavy atom. The molecule has 0 aromatic heterocycles. The van der Waals surface area contributed by atoms with Gasteiger partial charge in [0.15, 0.2) is 17.2 Å². The van der Waals surface area contributed by atoms with Gasteiger partial charge < -0.3 is 14.6 Å². The van der Waals surface area contributed by atoms with E-state index in [9.17, 15) is 19.5 Å². The highest BCUT2D eigenvalue weighted by Crippen LogP contribution is 2.33. The minimum absolute atomic E-state index is 0.0230. The first kappa shape index (κ1) is 26.9. The van der Waals surface area contributed by atoms with E-state index >= 15 is 0 Å². The summed E-state index contributed by atoms with van der Waals surface area (Å²) in [5.41, 5.74) is -1.66. The molecule has 6 nitrogen and oxygen atoms in total. The van der Waals surface area contributed by atoms with Gasteiger partial charge in [-0.25, -0.2) is 4.79 Å². The van der Waals surface area contributed by atoms with Crippen molar-refractivity contribution in [1.82, 2.24) is 0 Å². The van der Waals surface area contributed by atoms with Gasteiger partial charge in [0, 0.05) is 18.4 Å². The summed E-state index contributed by atoms with van der Waals surface area (Å²) in [5, 5.41) is 11.0. The molecule has 0 bridgehead atoms. The Bertz CT molecular complexity index is 872. The van der Waals surface area contributed by atoms with E-state index in [0.717, 1.165) is 5.56 Å². The number of hydrogen-bond acceptors (Lipinski definition) is 6. The van der Waals surface area contributed by atoms with Crippen molar-refractivity contribution in [3.63, 3.8) is 0 Å². The number of esters is 1. The first-order chi connectivity index (χ1) is 15.4. The lowest BCUT2D eigenvalue weighted by Gasteiger charge is -2.35. The Kier molecular flexibility index (Phi) is 9.15. The standard InChI is InChI=1S/C27H38O6/c1-7-24-27(6,31)23(29)15-19(3)20(4)16-26(5,32-17-21-11-9-8-10-12-21)22(28)14-13-18(2)25(30)33-24/h8-13,19-20,24,31H,7,14-17H2,1-6H3/b18-13-. The molecule has 182 valence electrons. The van der Waals surface area contributed by atoms with Crippen molar-refractivity contribution in [3.8, 4) is 0 Å². The zero-order valence-electron chi connectivity index (χ0n) is 20.7. The Morgan fingerprint density at radius 3 is 2.30 bits per heavy atom. The molecule has 1 aliphatic heterocycles. The number of aliphatic hydroxyl groups is 1. The van der Waals surface area contributed by atoms with E-state index in [1.165, 1.54) is 13.0 Å². The number of ether oxygens (including phenoxy) is 2. The van der Waals surface area contributed by atoms with Crippen LogP contribution >= 0.6 is 0 Å². The minimum Gasteiger partial charge on any atom is -0.455 e. The normalized spacial score (nSPS) is 34.2. The average Bonchev–Trinajstić information content (AvgIpc) is 2.78. The third kappa shape index (κ3) is 6.84. The van der Waals surface area contributed by atoms with E-state index in [2.05, 4.69) is 0 Å². The van der Waals surface area contributed by atoms with Gasteiger partial charge in [0.05, 0.1) is 6.61 Å². The molecule has 33 heavy (non-hydrogen) atoms. The molecule has 0 aliphatic carbocycles. The second-order valence-corrected chi connectivity index (χ2v) is 9.76. The SMILES string of the molecule is CCC1OC(=O)/C(C)=C\CC(=O)C(C)(OCc2ccccc2)CC(C)C(C)CC(=O)C1(C)O. The number of benzene rings is 1. The molecule has 2 rings (SSSR count). The van der Waals surface area contributed by atoms with Crippen LogP contribution in [0.3, 0.4) is 0 Å². The molecule has 0 fully saturated rings. The molecule has 1 heterocycles. The van der Waals surface area contributed by atoms with Crippen LogP contribution in [0.15, 0.2) is 42.0 Å². The number of carbonyl (C=O) groups excluding carboxylic acids is 3. The quantitative estimate of drug-likeness (QED) is 0.665. The zero-order valence-corrected chi connectivity index (χ0v) is 20.7. The summed E-state index contributed by atoms with van der Waals surface area (Å²) in [6.45, 7) is 10.7. The van der Waals surface area contributed by atoms with Crippen LogP contribution in [0.2, 0.25) is 0 Å². The molecule has 1 aliphatic rings. The predicted molar refractivity (Wildman–Crippen MR) is 126 cm³/mol. The Balaban J connectivity index is 2.37. The van der Waals surface area contributed by atoms with E-state index in [1.807, 2.05) is 44.2 Å². The van der Waals surface area contributed by atoms with Crippen LogP contribution < -0.4 is 0 Å². The van der Waals surface area contributed by atoms with Crippen LogP contribution in [0.4, 0.5) is 0 Å². The highest BCUT2D eigenvalue weighted by Gasteiger charge is 2.43. The highest BCUT2D eigenvalue weighted by atomic mass is 16.6. The van der Waals surface area contributed by atoms with Crippen LogP contribution in [-0.2, 0) is 30.5 Å². The van der Waals surface area contributed by atoms with E-state index in [-0.39, 0.29) is 48.4 Å². The molecule has 0 amide bonds. The van der Waals surface area contributed by atoms with Gasteiger partial charge in [-0.15, -0.1) is 0 Å². The molecule has 0 spiro atoms. The molecule has 0 saturated carbocycles. The Labute approximate surface area is 197 Å². The fourth-order valence-corrected chi connectivity index (χ4v) is 4.13. The average molecular weight is 459 g/mol. The van der Waals surface area contributed by atoms with Gasteiger partial charge >= 0.3 is 5.97 Å². The molecular formula is C27H38O6. The summed E-state index contributed by atoms with van der Waals surface area (Å²) in [6.07, 6.45) is 1.44. The molecule has 5 unspecified atom stereocenters. The van der Waals surface area contributed by atoms with Gasteiger partial charge in [-0.2, -0.15) is 0 Å². The van der Waals surface area contributed by atoms with Crippen molar-refractivity contribution >= 4 is 17.5 Å². The molecule has 1 N–H and O–H groups in total. The topological polar surface area (TPSA) is 89.9 Å². The van der Waals surface area contributed by atoms with E-state index in [4.69, 9.17) is 9.47 Å². The summed E-state index contributed by atoms with van der Waals surface area (Å²) in [7, 11) is 0. The van der Waals surface area contributed by atoms with Crippen molar-refractivity contribution < 1.29 is 29.0 Å². The van der Waals surface area contributed by atoms with Crippen LogP contribution in [0.1, 0.15) is 72.8 Å². The molecule has 1 aromatic rings. The second kappa shape index (κ2) is 11.2. The molecular weight excluding hydrogens is 420 g/mol. The van der Waals surface area contributed by atoms with Gasteiger partial charge in [0.2, 0.25) is 0 Å². The number of Topliss-reactive ketones (excluding diaryl/α,β-unsaturated/α-hetero) is 2. The van der Waals surface area contributed by atoms with Gasteiger partial charge in [0.25, 0.3) is 0 Å². The fourth-order valence-electron chi connectivity index (χ4n) is 4.13. The number of carbonyl (C=O) groups is 3. The molecule has 0 radical (unpaired) electrons. The van der Waals surface area contributed by atoms with E-state index in [0.29, 0.717) is 12.8 Å². The second-order valence-electron chi connectivity index (χ2n) is 9.76. The lowest BCUT2D eigenvalue weighted by atomic mass is 9.78. The van der Waals surface area contributed by atoms with Crippen LogP contribution in [0.25, 0.3) is 0 Å². The maximum atomic E-state index is 13.3. The van der Waals surface area contributed by atoms with Crippen molar-refractivity contribution in [2.24, 2.45) is 11.8 Å². The first-order valence-corrected chi connectivity index (χ1v) is 11.7. The predicted octanol–water partition coefficient (Wildman–Crippen LogP) is 4.58. The Hall–Kier alpha value is -2.31. The number of ketones is 2. The number of hydrogen-bond donors (Lipinski definition) is 1. The highest BCUT2D eigenvalue weighted by molar-refractivity contribution is 5.93. The number of allylic oxidation sites excluding steroid dienone is 1. The van der Waals surface area contributed by atoms with Crippen molar-refractivity contribution in [1.29, 1.82) is 0 Å². The van der Waals surface area contributed by atoms with Crippen LogP contribution in [0.5, 0.6) is 0 Å². The number of rotatable bonds is 4. The molecule has 5 atom stereocenters. The lowest BCUT2D eigenvalue weighted by molar-refractivity contribution is -0.167. The van der Waals surface area contributed by atoms with Crippen molar-refractivity contribution in [2.45, 2.75) is 91.1 Å². The molecule has 6 heteroatoms. The van der Waals surface area contributed by atoms with E-state index in [1.54, 1.807) is 20.8 Å². The summed E-state index contributed by atoms with van der Waals surface area (Å²) < 4.78 is 11.7. The maximum Gasteiger partial charge on any atom is 0.333 e. The molecule has 1 aromatic carbocycles. The number of cyclic esters (lactones) is 1. The summed E-state index contributed by atoms with van der Waals surface area (Å²) in [6, 6.07) is 9.63. The lowest BCUT2D eigenvalue weighted by Crippen LogP contribution is -2.49. The third-order valence-electron chi connectivity index (χ3n) is 6.91. The smallest absolute Gasteiger partial charge is 0.333 e. The van der Waals surface area contributed by atoms with Crippen molar-refractivity contribution in [2.75, 3.05) is 0 Å². The summed E-state index contributed by atoms with van der Waals surface area (Å²) >= 11 is 0. The summed E-state index contributed by atoms with van der Waals surface area (Å²) in [4.78, 5) is 38.9. The Morgan fingerprint density at radius 2 is 1.70 bits per heavy atom. The summed E-state index contributed by atoms with van der Waals surface area (Å²) in [5.74, 6) is -1.28. The first-order valence-electron chi connectivity index (χ1n) is 11.7. The van der Waals surface area contributed by atoms with Gasteiger partial charge in [-0.1, -0.05) is 57.2 Å². The third-order valence-corrected chi connectivity index (χ3v) is 6.91. The van der Waals surface area contributed by atoms with Crippen LogP contribution in [0, 0.1) is 11.8 Å². The largest absolute Gasteiger partial charge is 0.455 e. The van der Waals surface area contributed by atoms with E-state index < -0.39 is 23.3 Å². The molecule has 0 saturated heterocycles. The maximum absolute atomic E-state index is 13.3. The van der Waals surface area contributed by atoms with Crippen molar-refractivity contribution in [3.05, 3.63) is 47.5 Å². The zero-order chi connectivity index (χ0) is 24.8. The fraction of sp³-hybridized carbons (Fsp3) is 0.593. The van der Waals surface area contributed by atoms with Crippen LogP contribution in [-0.4, -0.2) is 39.9 Å². The van der Waals surface area contributed by atoms with Gasteiger partial charge in [0.1, 0.15) is 11.7 Å². The van der Waals surface area contributed by atoms with Gasteiger partial charge in [-0.3, -0.25) is 9.59 Å². The minimum atomic E-state index is -1.79. The van der Waals surface area contributed by atoms with Gasteiger partial charge in [-0.05, 0) is 51.0 Å².